The normalized spacial score (nSPS) is 10.4. The molecule has 0 unspecified atom stereocenters. The second-order valence-corrected chi connectivity index (χ2v) is 3.63. The lowest BCUT2D eigenvalue weighted by Gasteiger charge is -2.07. The van der Waals surface area contributed by atoms with Gasteiger partial charge in [-0.1, -0.05) is 0 Å². The van der Waals surface area contributed by atoms with Gasteiger partial charge >= 0.3 is 0 Å². The highest BCUT2D eigenvalue weighted by atomic mass is 19.1. The van der Waals surface area contributed by atoms with Crippen LogP contribution < -0.4 is 10.5 Å². The number of benzene rings is 1. The highest BCUT2D eigenvalue weighted by Gasteiger charge is 2.15. The first-order valence-corrected chi connectivity index (χ1v) is 4.97. The highest BCUT2D eigenvalue weighted by Crippen LogP contribution is 2.28. The molecule has 7 heteroatoms. The molecule has 0 aliphatic heterocycles. The lowest BCUT2D eigenvalue weighted by molar-refractivity contribution is 0.407. The van der Waals surface area contributed by atoms with Crippen molar-refractivity contribution < 1.29 is 13.5 Å². The van der Waals surface area contributed by atoms with Gasteiger partial charge in [0, 0.05) is 12.6 Å². The van der Waals surface area contributed by atoms with Crippen LogP contribution in [-0.4, -0.2) is 15.6 Å². The maximum Gasteiger partial charge on any atom is 0.198 e. The lowest BCUT2D eigenvalue weighted by Crippen LogP contribution is -2.12. The number of hydrogen-bond donors (Lipinski definition) is 2. The summed E-state index contributed by atoms with van der Waals surface area (Å²) < 4.78 is 33.7. The first-order valence-electron chi connectivity index (χ1n) is 4.97. The molecule has 2 rings (SSSR count). The lowest BCUT2D eigenvalue weighted by atomic mass is 10.2. The van der Waals surface area contributed by atoms with E-state index in [1.54, 1.807) is 7.05 Å². The van der Waals surface area contributed by atoms with Crippen LogP contribution in [0.3, 0.4) is 0 Å². The van der Waals surface area contributed by atoms with E-state index in [2.05, 4.69) is 5.10 Å². The van der Waals surface area contributed by atoms with Gasteiger partial charge in [0.25, 0.3) is 0 Å². The fraction of sp³-hybridized carbons (Fsp3) is 0.0909. The number of nitrogens with zero attached hydrogens (tertiary/aromatic N) is 2. The minimum absolute atomic E-state index is 0.0384. The number of amidine groups is 1. The van der Waals surface area contributed by atoms with Crippen molar-refractivity contribution in [1.82, 2.24) is 9.78 Å². The molecule has 0 amide bonds. The van der Waals surface area contributed by atoms with Crippen LogP contribution in [-0.2, 0) is 7.05 Å². The van der Waals surface area contributed by atoms with Gasteiger partial charge in [0.15, 0.2) is 23.1 Å². The van der Waals surface area contributed by atoms with Gasteiger partial charge in [-0.15, -0.1) is 0 Å². The number of hydrogen-bond acceptors (Lipinski definition) is 3. The van der Waals surface area contributed by atoms with E-state index in [9.17, 15) is 8.78 Å². The topological polar surface area (TPSA) is 76.9 Å². The summed E-state index contributed by atoms with van der Waals surface area (Å²) in [4.78, 5) is 0. The van der Waals surface area contributed by atoms with Gasteiger partial charge in [-0.05, 0) is 12.1 Å². The third-order valence-electron chi connectivity index (χ3n) is 2.21. The quantitative estimate of drug-likeness (QED) is 0.645. The minimum Gasteiger partial charge on any atom is -0.448 e. The van der Waals surface area contributed by atoms with Gasteiger partial charge in [-0.2, -0.15) is 5.10 Å². The number of nitrogens with one attached hydrogen (secondary N) is 1. The Balaban J connectivity index is 2.37. The summed E-state index contributed by atoms with van der Waals surface area (Å²) in [5, 5.41) is 10.9. The van der Waals surface area contributed by atoms with Crippen LogP contribution in [0.1, 0.15) is 5.56 Å². The Hall–Kier alpha value is -2.44. The molecule has 0 spiro atoms. The maximum absolute atomic E-state index is 13.6. The summed E-state index contributed by atoms with van der Waals surface area (Å²) in [5.41, 5.74) is 5.11. The van der Waals surface area contributed by atoms with Crippen molar-refractivity contribution in [2.24, 2.45) is 12.8 Å². The first kappa shape index (κ1) is 12.0. The number of nitrogens with two attached hydrogens (primary N) is 1. The van der Waals surface area contributed by atoms with Crippen molar-refractivity contribution in [2.45, 2.75) is 0 Å². The molecule has 18 heavy (non-hydrogen) atoms. The van der Waals surface area contributed by atoms with E-state index in [0.717, 1.165) is 12.1 Å². The molecule has 0 bridgehead atoms. The third-order valence-corrected chi connectivity index (χ3v) is 2.21. The summed E-state index contributed by atoms with van der Waals surface area (Å²) >= 11 is 0. The van der Waals surface area contributed by atoms with E-state index in [-0.39, 0.29) is 11.3 Å². The Bertz CT molecular complexity index is 586. The van der Waals surface area contributed by atoms with Gasteiger partial charge in [0.05, 0.1) is 12.4 Å². The Morgan fingerprint density at radius 1 is 1.39 bits per heavy atom. The van der Waals surface area contributed by atoms with Crippen molar-refractivity contribution in [3.8, 4) is 11.5 Å². The smallest absolute Gasteiger partial charge is 0.198 e. The van der Waals surface area contributed by atoms with E-state index < -0.39 is 23.2 Å². The number of halogens is 2. The van der Waals surface area contributed by atoms with E-state index in [0.29, 0.717) is 0 Å². The number of aromatic nitrogens is 2. The molecule has 1 aromatic carbocycles. The van der Waals surface area contributed by atoms with Gasteiger partial charge in [0.1, 0.15) is 5.84 Å². The molecule has 0 aliphatic rings. The zero-order valence-electron chi connectivity index (χ0n) is 9.45. The standard InChI is InChI=1S/C11H10F2N4O/c1-17-5-7(4-16-17)18-10-8(12)2-6(11(14)15)3-9(10)13/h2-5H,1H3,(H3,14,15). The number of rotatable bonds is 3. The molecule has 0 fully saturated rings. The predicted octanol–water partition coefficient (Wildman–Crippen LogP) is 1.77. The summed E-state index contributed by atoms with van der Waals surface area (Å²) in [7, 11) is 1.65. The van der Waals surface area contributed by atoms with Gasteiger partial charge in [-0.25, -0.2) is 8.78 Å². The molecule has 3 N–H and O–H groups in total. The number of aryl methyl sites for hydroxylation is 1. The zero-order valence-corrected chi connectivity index (χ0v) is 9.45. The van der Waals surface area contributed by atoms with Gasteiger partial charge < -0.3 is 10.5 Å². The summed E-state index contributed by atoms with van der Waals surface area (Å²) in [6.07, 6.45) is 2.80. The second kappa shape index (κ2) is 4.44. The van der Waals surface area contributed by atoms with Crippen LogP contribution in [0.15, 0.2) is 24.5 Å². The molecule has 1 aromatic heterocycles. The van der Waals surface area contributed by atoms with Crippen molar-refractivity contribution >= 4 is 5.84 Å². The highest BCUT2D eigenvalue weighted by molar-refractivity contribution is 5.95. The molecular weight excluding hydrogens is 242 g/mol. The van der Waals surface area contributed by atoms with Crippen molar-refractivity contribution in [3.63, 3.8) is 0 Å². The fourth-order valence-corrected chi connectivity index (χ4v) is 1.38. The van der Waals surface area contributed by atoms with E-state index >= 15 is 0 Å². The molecule has 0 saturated heterocycles. The maximum atomic E-state index is 13.6. The average molecular weight is 252 g/mol. The summed E-state index contributed by atoms with van der Waals surface area (Å²) in [6, 6.07) is 1.88. The second-order valence-electron chi connectivity index (χ2n) is 3.63. The van der Waals surface area contributed by atoms with Crippen LogP contribution in [0.2, 0.25) is 0 Å². The Labute approximate surface area is 101 Å². The van der Waals surface area contributed by atoms with Crippen molar-refractivity contribution in [1.29, 1.82) is 5.41 Å². The van der Waals surface area contributed by atoms with Crippen LogP contribution in [0.4, 0.5) is 8.78 Å². The zero-order chi connectivity index (χ0) is 13.3. The molecule has 1 heterocycles. The van der Waals surface area contributed by atoms with E-state index in [1.807, 2.05) is 0 Å². The Morgan fingerprint density at radius 3 is 2.44 bits per heavy atom. The largest absolute Gasteiger partial charge is 0.448 e. The molecule has 0 atom stereocenters. The fourth-order valence-electron chi connectivity index (χ4n) is 1.38. The van der Waals surface area contributed by atoms with Crippen LogP contribution >= 0.6 is 0 Å². The average Bonchev–Trinajstić information content (AvgIpc) is 2.69. The molecule has 0 radical (unpaired) electrons. The summed E-state index contributed by atoms with van der Waals surface area (Å²) in [6.45, 7) is 0. The van der Waals surface area contributed by atoms with E-state index in [4.69, 9.17) is 15.9 Å². The number of ether oxygens (including phenoxy) is 1. The molecule has 0 aliphatic carbocycles. The monoisotopic (exact) mass is 252 g/mol. The van der Waals surface area contributed by atoms with Crippen LogP contribution in [0.5, 0.6) is 11.5 Å². The van der Waals surface area contributed by atoms with Crippen molar-refractivity contribution in [2.75, 3.05) is 0 Å². The number of nitrogen functional groups attached to an aromatic ring is 1. The molecule has 94 valence electrons. The van der Waals surface area contributed by atoms with Gasteiger partial charge in [0.2, 0.25) is 0 Å². The molecule has 2 aromatic rings. The van der Waals surface area contributed by atoms with Crippen LogP contribution in [0.25, 0.3) is 0 Å². The summed E-state index contributed by atoms with van der Waals surface area (Å²) in [5.74, 6) is -2.60. The minimum atomic E-state index is -0.927. The van der Waals surface area contributed by atoms with Crippen LogP contribution in [0, 0.1) is 17.0 Å². The Morgan fingerprint density at radius 2 is 2.00 bits per heavy atom. The van der Waals surface area contributed by atoms with Crippen molar-refractivity contribution in [3.05, 3.63) is 41.7 Å². The predicted molar refractivity (Wildman–Crippen MR) is 60.7 cm³/mol. The third kappa shape index (κ3) is 2.29. The molecular formula is C11H10F2N4O. The Kier molecular flexibility index (Phi) is 2.97. The molecule has 5 nitrogen and oxygen atoms in total. The molecule has 0 saturated carbocycles. The van der Waals surface area contributed by atoms with E-state index in [1.165, 1.54) is 17.1 Å². The SMILES string of the molecule is Cn1cc(Oc2c(F)cc(C(=N)N)cc2F)cn1. The van der Waals surface area contributed by atoms with Gasteiger partial charge in [-0.3, -0.25) is 10.1 Å². The first-order chi connectivity index (χ1) is 8.47.